The second-order valence-corrected chi connectivity index (χ2v) is 6.74. The Bertz CT molecular complexity index is 555. The number of nitrogens with one attached hydrogen (secondary N) is 1. The smallest absolute Gasteiger partial charge is 0.258 e. The number of carbonyl (C=O) groups excluding carboxylic acids is 1. The highest BCUT2D eigenvalue weighted by atomic mass is 19.3. The summed E-state index contributed by atoms with van der Waals surface area (Å²) in [6.07, 6.45) is 5.28. The molecule has 3 fully saturated rings. The molecule has 0 bridgehead atoms. The predicted molar refractivity (Wildman–Crippen MR) is 69.8 cm³/mol. The highest BCUT2D eigenvalue weighted by Crippen LogP contribution is 2.55. The van der Waals surface area contributed by atoms with E-state index in [1.165, 1.54) is 6.33 Å². The van der Waals surface area contributed by atoms with E-state index in [1.807, 2.05) is 0 Å². The van der Waals surface area contributed by atoms with Crippen molar-refractivity contribution in [3.8, 4) is 0 Å². The van der Waals surface area contributed by atoms with Gasteiger partial charge >= 0.3 is 0 Å². The van der Waals surface area contributed by atoms with E-state index in [1.54, 1.807) is 11.0 Å². The lowest BCUT2D eigenvalue weighted by Gasteiger charge is -2.52. The van der Waals surface area contributed by atoms with Crippen LogP contribution in [0.25, 0.3) is 0 Å². The molecule has 0 amide bonds. The summed E-state index contributed by atoms with van der Waals surface area (Å²) >= 11 is 0. The molecule has 4 rings (SSSR count). The van der Waals surface area contributed by atoms with Gasteiger partial charge in [0.25, 0.3) is 5.92 Å². The minimum atomic E-state index is -2.77. The zero-order chi connectivity index (χ0) is 14.7. The SMILES string of the molecule is O=C(C1CC1(F)F)[C@H]1CC(n2cncn2)CCC12CNC2. The molecule has 114 valence electrons. The third-order valence-corrected chi connectivity index (χ3v) is 5.50. The van der Waals surface area contributed by atoms with Gasteiger partial charge in [-0.25, -0.2) is 18.4 Å². The van der Waals surface area contributed by atoms with Crippen LogP contribution in [0.3, 0.4) is 0 Å². The van der Waals surface area contributed by atoms with Gasteiger partial charge in [-0.05, 0) is 19.3 Å². The van der Waals surface area contributed by atoms with E-state index in [4.69, 9.17) is 0 Å². The van der Waals surface area contributed by atoms with Crippen LogP contribution in [0.15, 0.2) is 12.7 Å². The monoisotopic (exact) mass is 296 g/mol. The van der Waals surface area contributed by atoms with Crippen molar-refractivity contribution in [2.75, 3.05) is 13.1 Å². The molecule has 1 saturated heterocycles. The molecule has 0 radical (unpaired) electrons. The summed E-state index contributed by atoms with van der Waals surface area (Å²) in [6.45, 7) is 1.54. The summed E-state index contributed by atoms with van der Waals surface area (Å²) in [5, 5.41) is 7.36. The fraction of sp³-hybridized carbons (Fsp3) is 0.786. The van der Waals surface area contributed by atoms with E-state index in [9.17, 15) is 13.6 Å². The Balaban J connectivity index is 1.56. The van der Waals surface area contributed by atoms with Crippen LogP contribution in [0.4, 0.5) is 8.78 Å². The normalized spacial score (nSPS) is 36.2. The molecule has 1 spiro atoms. The van der Waals surface area contributed by atoms with Crippen molar-refractivity contribution in [3.05, 3.63) is 12.7 Å². The van der Waals surface area contributed by atoms with E-state index in [0.717, 1.165) is 25.9 Å². The second kappa shape index (κ2) is 4.32. The van der Waals surface area contributed by atoms with Crippen LogP contribution in [0, 0.1) is 17.3 Å². The lowest BCUT2D eigenvalue weighted by atomic mass is 9.59. The molecular formula is C14H18F2N4O. The molecule has 2 heterocycles. The summed E-state index contributed by atoms with van der Waals surface area (Å²) in [5.41, 5.74) is -0.104. The van der Waals surface area contributed by atoms with Crippen molar-refractivity contribution in [1.82, 2.24) is 20.1 Å². The van der Waals surface area contributed by atoms with Crippen molar-refractivity contribution in [2.24, 2.45) is 17.3 Å². The summed E-state index contributed by atoms with van der Waals surface area (Å²) < 4.78 is 28.3. The summed E-state index contributed by atoms with van der Waals surface area (Å²) in [6, 6.07) is 0.0973. The highest BCUT2D eigenvalue weighted by Gasteiger charge is 2.64. The molecule has 21 heavy (non-hydrogen) atoms. The Hall–Kier alpha value is -1.37. The number of rotatable bonds is 3. The maximum atomic E-state index is 13.3. The van der Waals surface area contributed by atoms with Gasteiger partial charge in [0.1, 0.15) is 18.4 Å². The maximum absolute atomic E-state index is 13.3. The number of hydrogen-bond acceptors (Lipinski definition) is 4. The first-order chi connectivity index (χ1) is 10.0. The van der Waals surface area contributed by atoms with Gasteiger partial charge in [0, 0.05) is 30.8 Å². The van der Waals surface area contributed by atoms with Crippen LogP contribution in [0.5, 0.6) is 0 Å². The van der Waals surface area contributed by atoms with Gasteiger partial charge in [-0.3, -0.25) is 4.79 Å². The topological polar surface area (TPSA) is 59.8 Å². The zero-order valence-corrected chi connectivity index (χ0v) is 11.6. The first kappa shape index (κ1) is 13.3. The first-order valence-electron chi connectivity index (χ1n) is 7.48. The zero-order valence-electron chi connectivity index (χ0n) is 11.6. The van der Waals surface area contributed by atoms with Crippen LogP contribution in [0.1, 0.15) is 31.7 Å². The first-order valence-corrected chi connectivity index (χ1v) is 7.48. The van der Waals surface area contributed by atoms with Gasteiger partial charge in [-0.15, -0.1) is 0 Å². The molecule has 1 N–H and O–H groups in total. The Morgan fingerprint density at radius 3 is 2.62 bits per heavy atom. The fourth-order valence-corrected chi connectivity index (χ4v) is 3.97. The second-order valence-electron chi connectivity index (χ2n) is 6.74. The molecule has 2 aliphatic carbocycles. The number of Topliss-reactive ketones (excluding diaryl/α,β-unsaturated/α-hetero) is 1. The van der Waals surface area contributed by atoms with E-state index >= 15 is 0 Å². The van der Waals surface area contributed by atoms with Crippen LogP contribution < -0.4 is 5.32 Å². The van der Waals surface area contributed by atoms with Gasteiger partial charge in [0.05, 0.1) is 12.0 Å². The van der Waals surface area contributed by atoms with E-state index in [2.05, 4.69) is 15.4 Å². The number of halogens is 2. The number of nitrogens with zero attached hydrogens (tertiary/aromatic N) is 3. The van der Waals surface area contributed by atoms with Crippen LogP contribution in [0.2, 0.25) is 0 Å². The van der Waals surface area contributed by atoms with E-state index in [0.29, 0.717) is 6.42 Å². The van der Waals surface area contributed by atoms with Gasteiger partial charge in [-0.1, -0.05) is 0 Å². The quantitative estimate of drug-likeness (QED) is 0.917. The number of ketones is 1. The summed E-state index contributed by atoms with van der Waals surface area (Å²) in [5.74, 6) is -4.32. The Labute approximate surface area is 121 Å². The number of aromatic nitrogens is 3. The van der Waals surface area contributed by atoms with Gasteiger partial charge < -0.3 is 5.32 Å². The van der Waals surface area contributed by atoms with Crippen LogP contribution in [-0.4, -0.2) is 39.6 Å². The predicted octanol–water partition coefficient (Wildman–Crippen LogP) is 1.43. The Morgan fingerprint density at radius 2 is 2.10 bits per heavy atom. The van der Waals surface area contributed by atoms with Crippen LogP contribution >= 0.6 is 0 Å². The standard InChI is InChI=1S/C14H18F2N4O/c15-14(16)4-11(14)12(21)10-3-9(20-8-18-7-19-20)1-2-13(10)5-17-6-13/h7-11,17H,1-6H2/t9?,10-,11?/m1/s1. The third kappa shape index (κ3) is 2.01. The summed E-state index contributed by atoms with van der Waals surface area (Å²) in [4.78, 5) is 16.5. The average molecular weight is 296 g/mol. The molecule has 5 nitrogen and oxygen atoms in total. The third-order valence-electron chi connectivity index (χ3n) is 5.50. The largest absolute Gasteiger partial charge is 0.315 e. The summed E-state index contributed by atoms with van der Waals surface area (Å²) in [7, 11) is 0. The Kier molecular flexibility index (Phi) is 2.73. The Morgan fingerprint density at radius 1 is 1.33 bits per heavy atom. The minimum absolute atomic E-state index is 0.0973. The fourth-order valence-electron chi connectivity index (χ4n) is 3.97. The average Bonchev–Trinajstić information content (AvgIpc) is 2.87. The number of alkyl halides is 2. The van der Waals surface area contributed by atoms with Gasteiger partial charge in [0.15, 0.2) is 0 Å². The molecular weight excluding hydrogens is 278 g/mol. The van der Waals surface area contributed by atoms with Gasteiger partial charge in [-0.2, -0.15) is 5.10 Å². The van der Waals surface area contributed by atoms with Crippen molar-refractivity contribution >= 4 is 5.78 Å². The molecule has 7 heteroatoms. The van der Waals surface area contributed by atoms with Crippen molar-refractivity contribution in [3.63, 3.8) is 0 Å². The molecule has 2 unspecified atom stereocenters. The molecule has 1 aromatic rings. The van der Waals surface area contributed by atoms with Crippen molar-refractivity contribution in [1.29, 1.82) is 0 Å². The maximum Gasteiger partial charge on any atom is 0.258 e. The van der Waals surface area contributed by atoms with Crippen molar-refractivity contribution in [2.45, 2.75) is 37.6 Å². The molecule has 1 aliphatic heterocycles. The van der Waals surface area contributed by atoms with Crippen LogP contribution in [-0.2, 0) is 4.79 Å². The lowest BCUT2D eigenvalue weighted by Crippen LogP contribution is -2.61. The van der Waals surface area contributed by atoms with Gasteiger partial charge in [0.2, 0.25) is 0 Å². The lowest BCUT2D eigenvalue weighted by molar-refractivity contribution is -0.136. The highest BCUT2D eigenvalue weighted by molar-refractivity contribution is 5.88. The van der Waals surface area contributed by atoms with E-state index in [-0.39, 0.29) is 29.6 Å². The molecule has 0 aromatic carbocycles. The number of carbonyl (C=O) groups is 1. The van der Waals surface area contributed by atoms with Crippen molar-refractivity contribution < 1.29 is 13.6 Å². The number of hydrogen-bond donors (Lipinski definition) is 1. The molecule has 2 saturated carbocycles. The molecule has 1 aromatic heterocycles. The molecule has 3 aliphatic rings. The minimum Gasteiger partial charge on any atom is -0.315 e. The van der Waals surface area contributed by atoms with E-state index < -0.39 is 11.8 Å². The molecule has 3 atom stereocenters.